The van der Waals surface area contributed by atoms with E-state index in [0.29, 0.717) is 137 Å². The molecule has 8 saturated heterocycles. The van der Waals surface area contributed by atoms with Crippen LogP contribution in [0.2, 0.25) is 0 Å². The molecule has 0 amide bonds. The Balaban J connectivity index is 0.000000108. The van der Waals surface area contributed by atoms with Crippen LogP contribution in [0.15, 0.2) is 0 Å². The molecule has 0 N–H and O–H groups in total. The van der Waals surface area contributed by atoms with Gasteiger partial charge in [0.15, 0.2) is 0 Å². The third kappa shape index (κ3) is 14.2. The highest BCUT2D eigenvalue weighted by Gasteiger charge is 2.60. The smallest absolute Gasteiger partial charge is 0.309 e. The fourth-order valence-corrected chi connectivity index (χ4v) is 13.2. The average Bonchev–Trinajstić information content (AvgIpc) is 4.16. The zero-order valence-electron chi connectivity index (χ0n) is 44.1. The Bertz CT molecular complexity index is 1890. The Hall–Kier alpha value is -2.44. The van der Waals surface area contributed by atoms with Crippen LogP contribution in [-0.4, -0.2) is 148 Å². The Morgan fingerprint density at radius 3 is 1.32 bits per heavy atom. The molecule has 0 bridgehead atoms. The summed E-state index contributed by atoms with van der Waals surface area (Å²) in [6, 6.07) is 0. The van der Waals surface area contributed by atoms with Crippen molar-refractivity contribution in [2.75, 3.05) is 46.2 Å². The second-order valence-electron chi connectivity index (χ2n) is 25.3. The molecule has 16 heteroatoms. The molecule has 16 nitrogen and oxygen atoms in total. The minimum atomic E-state index is -0.154. The summed E-state index contributed by atoms with van der Waals surface area (Å²) in [4.78, 5) is 47.5. The molecule has 8 heterocycles. The van der Waals surface area contributed by atoms with E-state index < -0.39 is 0 Å². The van der Waals surface area contributed by atoms with Crippen LogP contribution in [0.25, 0.3) is 0 Å². The first kappa shape index (κ1) is 52.6. The minimum absolute atomic E-state index is 0.00258. The van der Waals surface area contributed by atoms with E-state index >= 15 is 0 Å². The highest BCUT2D eigenvalue weighted by molar-refractivity contribution is 5.73. The number of rotatable bonds is 17. The van der Waals surface area contributed by atoms with Crippen LogP contribution < -0.4 is 0 Å². The maximum atomic E-state index is 12.0. The maximum Gasteiger partial charge on any atom is 0.309 e. The van der Waals surface area contributed by atoms with E-state index in [9.17, 15) is 19.2 Å². The molecule has 410 valence electrons. The van der Waals surface area contributed by atoms with Gasteiger partial charge < -0.3 is 56.8 Å². The number of unbranched alkanes of at least 4 members (excludes halogenated alkanes) is 1. The number of hydrogen-bond donors (Lipinski definition) is 0. The molecule has 0 spiro atoms. The first-order valence-electron chi connectivity index (χ1n) is 29.1. The first-order chi connectivity index (χ1) is 35.3. The van der Waals surface area contributed by atoms with Crippen molar-refractivity contribution in [2.45, 2.75) is 247 Å². The molecule has 14 rings (SSSR count). The average molecular weight is 1030 g/mol. The van der Waals surface area contributed by atoms with E-state index in [1.807, 2.05) is 0 Å². The van der Waals surface area contributed by atoms with E-state index in [1.54, 1.807) is 0 Å². The number of hydrogen-bond acceptors (Lipinski definition) is 16. The molecule has 0 aromatic rings. The Labute approximate surface area is 432 Å². The van der Waals surface area contributed by atoms with Crippen molar-refractivity contribution < 1.29 is 76.0 Å². The summed E-state index contributed by atoms with van der Waals surface area (Å²) in [7, 11) is 0. The molecule has 0 radical (unpaired) electrons. The molecule has 0 aromatic heterocycles. The van der Waals surface area contributed by atoms with Gasteiger partial charge >= 0.3 is 23.9 Å². The molecule has 6 saturated carbocycles. The van der Waals surface area contributed by atoms with Crippen molar-refractivity contribution in [1.82, 2.24) is 0 Å². The van der Waals surface area contributed by atoms with Gasteiger partial charge in [0, 0.05) is 12.8 Å². The summed E-state index contributed by atoms with van der Waals surface area (Å²) < 4.78 is 65.4. The Morgan fingerprint density at radius 1 is 0.479 bits per heavy atom. The largest absolute Gasteiger partial charge is 0.465 e. The number of fused-ring (bicyclic) bond motifs is 6. The molecule has 6 aliphatic carbocycles. The van der Waals surface area contributed by atoms with Crippen molar-refractivity contribution in [3.63, 3.8) is 0 Å². The van der Waals surface area contributed by atoms with Crippen LogP contribution in [0.1, 0.15) is 168 Å². The second-order valence-corrected chi connectivity index (χ2v) is 25.3. The predicted molar refractivity (Wildman–Crippen MR) is 261 cm³/mol. The zero-order valence-corrected chi connectivity index (χ0v) is 44.1. The van der Waals surface area contributed by atoms with Crippen molar-refractivity contribution in [2.24, 2.45) is 40.9 Å². The summed E-state index contributed by atoms with van der Waals surface area (Å²) >= 11 is 0. The van der Waals surface area contributed by atoms with E-state index in [2.05, 4.69) is 20.8 Å². The normalized spacial score (nSPS) is 44.4. The molecule has 14 aliphatic rings. The topological polar surface area (TPSA) is 202 Å². The molecule has 8 aliphatic heterocycles. The second kappa shape index (κ2) is 22.5. The van der Waals surface area contributed by atoms with Gasteiger partial charge in [-0.3, -0.25) is 19.2 Å². The van der Waals surface area contributed by atoms with Gasteiger partial charge in [0.25, 0.3) is 0 Å². The maximum absolute atomic E-state index is 12.0. The van der Waals surface area contributed by atoms with E-state index in [4.69, 9.17) is 56.8 Å². The lowest BCUT2D eigenvalue weighted by Crippen LogP contribution is -2.46. The summed E-state index contributed by atoms with van der Waals surface area (Å²) in [6.07, 6.45) is 27.3. The standard InChI is InChI=1S/C20H30O6.C14H20O4.C13H20O4.C10H16O2/c21-19(23-11-13-5-7-15-17(9-13)25-15)3-1-2-4-20(22)24-12-14-6-8-16-18(10-14)26-16;15-14(9-2-4-11-13(6-9)18-11)16-7-8-1-3-10-12(5-8)17-10;1-2-13(6-15-7-13)8-16-12(14)9-3-4-10-11(5-9)17-10;1-9-4-3-7(5-8(9)12-9)10(2)6-11-10/h13-18H,1-12H2;8-13H,1-7H2;9-11H,2-8H2,1H3;7-8H,3-6H2,1-2H3. The lowest BCUT2D eigenvalue weighted by atomic mass is 9.77. The monoisotopic (exact) mass is 1030 g/mol. The highest BCUT2D eigenvalue weighted by Crippen LogP contribution is 2.54. The van der Waals surface area contributed by atoms with Gasteiger partial charge in [0.2, 0.25) is 0 Å². The number of ether oxygens (including phenoxy) is 12. The van der Waals surface area contributed by atoms with Gasteiger partial charge in [-0.2, -0.15) is 0 Å². The van der Waals surface area contributed by atoms with Gasteiger partial charge in [-0.1, -0.05) is 6.92 Å². The number of carbonyl (C=O) groups is 4. The van der Waals surface area contributed by atoms with Gasteiger partial charge in [-0.05, 0) is 172 Å². The predicted octanol–water partition coefficient (Wildman–Crippen LogP) is 7.69. The lowest BCUT2D eigenvalue weighted by Gasteiger charge is -2.40. The van der Waals surface area contributed by atoms with Crippen LogP contribution in [0.5, 0.6) is 0 Å². The van der Waals surface area contributed by atoms with Crippen molar-refractivity contribution in [1.29, 1.82) is 0 Å². The molecule has 0 aromatic carbocycles. The molecule has 19 atom stereocenters. The highest BCUT2D eigenvalue weighted by atomic mass is 16.6. The summed E-state index contributed by atoms with van der Waals surface area (Å²) in [6.45, 7) is 11.2. The van der Waals surface area contributed by atoms with Crippen LogP contribution in [0, 0.1) is 40.9 Å². The van der Waals surface area contributed by atoms with Crippen molar-refractivity contribution >= 4 is 23.9 Å². The molecule has 19 unspecified atom stereocenters. The fourth-order valence-electron chi connectivity index (χ4n) is 13.2. The van der Waals surface area contributed by atoms with E-state index in [-0.39, 0.29) is 52.3 Å². The first-order valence-corrected chi connectivity index (χ1v) is 29.1. The molecular formula is C57H86O16. The number of epoxide rings is 7. The van der Waals surface area contributed by atoms with Gasteiger partial charge in [-0.15, -0.1) is 0 Å². The van der Waals surface area contributed by atoms with Gasteiger partial charge in [-0.25, -0.2) is 0 Å². The fraction of sp³-hybridized carbons (Fsp3) is 0.930. The van der Waals surface area contributed by atoms with Crippen molar-refractivity contribution in [3.8, 4) is 0 Å². The van der Waals surface area contributed by atoms with Crippen LogP contribution in [0.3, 0.4) is 0 Å². The SMILES string of the molecule is CC1(C2CCC3(C)OC3C2)CO1.CCC1(COC(=O)C2CCC3OC3C2)COC1.O=C(CCCCC(=O)OCC1CCC2OC2C1)OCC1CCC2OC2C1.O=C(OCC1CCC2OC2C1)C1CCC2OC2C1. The quantitative estimate of drug-likeness (QED) is 0.0593. The Kier molecular flexibility index (Phi) is 16.2. The summed E-state index contributed by atoms with van der Waals surface area (Å²) in [5.41, 5.74) is 0.595. The minimum Gasteiger partial charge on any atom is -0.465 e. The van der Waals surface area contributed by atoms with Crippen LogP contribution in [0.4, 0.5) is 0 Å². The van der Waals surface area contributed by atoms with Gasteiger partial charge in [0.1, 0.15) is 6.61 Å². The lowest BCUT2D eigenvalue weighted by molar-refractivity contribution is -0.174. The molecular weight excluding hydrogens is 941 g/mol. The third-order valence-corrected chi connectivity index (χ3v) is 19.5. The molecule has 14 fully saturated rings. The van der Waals surface area contributed by atoms with E-state index in [0.717, 1.165) is 128 Å². The number of esters is 4. The zero-order chi connectivity index (χ0) is 50.3. The van der Waals surface area contributed by atoms with Crippen LogP contribution >= 0.6 is 0 Å². The summed E-state index contributed by atoms with van der Waals surface area (Å²) in [5, 5.41) is 0. The van der Waals surface area contributed by atoms with Gasteiger partial charge in [0.05, 0.1) is 135 Å². The third-order valence-electron chi connectivity index (χ3n) is 19.5. The van der Waals surface area contributed by atoms with Crippen LogP contribution in [-0.2, 0) is 76.0 Å². The van der Waals surface area contributed by atoms with E-state index in [1.165, 1.54) is 19.3 Å². The van der Waals surface area contributed by atoms with Crippen molar-refractivity contribution in [3.05, 3.63) is 0 Å². The number of carbonyl (C=O) groups excluding carboxylic acids is 4. The Morgan fingerprint density at radius 2 is 0.918 bits per heavy atom. The summed E-state index contributed by atoms with van der Waals surface area (Å²) in [5.74, 6) is 2.00. The molecule has 73 heavy (non-hydrogen) atoms.